The number of nitrogens with one attached hydrogen (secondary N) is 1. The number of amides is 1. The summed E-state index contributed by atoms with van der Waals surface area (Å²) in [4.78, 5) is 23.6. The monoisotopic (exact) mass is 307 g/mol. The highest BCUT2D eigenvalue weighted by atomic mass is 19.1. The van der Waals surface area contributed by atoms with Gasteiger partial charge in [-0.1, -0.05) is 6.07 Å². The van der Waals surface area contributed by atoms with Crippen molar-refractivity contribution in [3.63, 3.8) is 0 Å². The lowest BCUT2D eigenvalue weighted by molar-refractivity contribution is -0.149. The molecular formula is C16H18FNO4. The zero-order chi connectivity index (χ0) is 16.1. The van der Waals surface area contributed by atoms with Crippen LogP contribution in [0.2, 0.25) is 0 Å². The summed E-state index contributed by atoms with van der Waals surface area (Å²) >= 11 is 0. The van der Waals surface area contributed by atoms with Crippen LogP contribution in [0.5, 0.6) is 5.75 Å². The minimum atomic E-state index is -1.29. The van der Waals surface area contributed by atoms with E-state index in [9.17, 15) is 19.1 Å². The number of halogens is 1. The van der Waals surface area contributed by atoms with E-state index in [0.29, 0.717) is 30.6 Å². The van der Waals surface area contributed by atoms with E-state index >= 15 is 0 Å². The van der Waals surface area contributed by atoms with Gasteiger partial charge in [0, 0.05) is 18.1 Å². The molecule has 0 spiro atoms. The van der Waals surface area contributed by atoms with Gasteiger partial charge in [0.25, 0.3) is 0 Å². The van der Waals surface area contributed by atoms with Crippen LogP contribution in [0.1, 0.15) is 44.7 Å². The molecule has 0 aromatic heterocycles. The lowest BCUT2D eigenvalue weighted by Crippen LogP contribution is -2.45. The standard InChI is InChI=1S/C16H18FNO4/c1-15(2)8-11(10-4-3-9(17)7-12(10)22-15)18-13(19)16(5-6-16)14(20)21/h3-4,7,11H,5-6,8H2,1-2H3,(H,18,19)(H,20,21)/t11-/m0/s1. The fourth-order valence-electron chi connectivity index (χ4n) is 2.91. The summed E-state index contributed by atoms with van der Waals surface area (Å²) in [5.74, 6) is -1.58. The zero-order valence-corrected chi connectivity index (χ0v) is 12.5. The molecule has 1 fully saturated rings. The fourth-order valence-corrected chi connectivity index (χ4v) is 2.91. The SMILES string of the molecule is CC1(C)C[C@H](NC(=O)C2(C(=O)O)CC2)c2ccc(F)cc2O1. The predicted molar refractivity (Wildman–Crippen MR) is 75.9 cm³/mol. The Bertz CT molecular complexity index is 652. The Hall–Kier alpha value is -2.11. The average Bonchev–Trinajstić information content (AvgIpc) is 3.17. The highest BCUT2D eigenvalue weighted by Gasteiger charge is 2.57. The van der Waals surface area contributed by atoms with Crippen molar-refractivity contribution in [2.45, 2.75) is 44.8 Å². The Labute approximate surface area is 127 Å². The van der Waals surface area contributed by atoms with Gasteiger partial charge in [0.1, 0.15) is 22.6 Å². The van der Waals surface area contributed by atoms with Crippen molar-refractivity contribution in [3.05, 3.63) is 29.6 Å². The first-order chi connectivity index (χ1) is 10.2. The summed E-state index contributed by atoms with van der Waals surface area (Å²) in [6.45, 7) is 3.70. The maximum Gasteiger partial charge on any atom is 0.319 e. The van der Waals surface area contributed by atoms with Crippen molar-refractivity contribution in [1.82, 2.24) is 5.32 Å². The first-order valence-electron chi connectivity index (χ1n) is 7.26. The smallest absolute Gasteiger partial charge is 0.319 e. The summed E-state index contributed by atoms with van der Waals surface area (Å²) in [6, 6.07) is 3.79. The number of hydrogen-bond acceptors (Lipinski definition) is 3. The van der Waals surface area contributed by atoms with E-state index < -0.39 is 28.7 Å². The summed E-state index contributed by atoms with van der Waals surface area (Å²) in [5, 5.41) is 12.0. The summed E-state index contributed by atoms with van der Waals surface area (Å²) < 4.78 is 19.1. The van der Waals surface area contributed by atoms with E-state index in [2.05, 4.69) is 5.32 Å². The minimum absolute atomic E-state index is 0.358. The maximum atomic E-state index is 13.4. The van der Waals surface area contributed by atoms with Gasteiger partial charge >= 0.3 is 5.97 Å². The van der Waals surface area contributed by atoms with Crippen LogP contribution in [0.15, 0.2) is 18.2 Å². The van der Waals surface area contributed by atoms with Crippen molar-refractivity contribution in [3.8, 4) is 5.75 Å². The molecule has 1 aromatic rings. The lowest BCUT2D eigenvalue weighted by Gasteiger charge is -2.38. The number of carboxylic acid groups (broad SMARTS) is 1. The van der Waals surface area contributed by atoms with Crippen molar-refractivity contribution in [2.24, 2.45) is 5.41 Å². The van der Waals surface area contributed by atoms with Crippen LogP contribution in [0.4, 0.5) is 4.39 Å². The largest absolute Gasteiger partial charge is 0.487 e. The number of hydrogen-bond donors (Lipinski definition) is 2. The van der Waals surface area contributed by atoms with Crippen LogP contribution >= 0.6 is 0 Å². The number of carboxylic acids is 1. The highest BCUT2D eigenvalue weighted by molar-refractivity contribution is 6.05. The number of rotatable bonds is 3. The first kappa shape index (κ1) is 14.8. The fraction of sp³-hybridized carbons (Fsp3) is 0.500. The van der Waals surface area contributed by atoms with E-state index in [0.717, 1.165) is 0 Å². The zero-order valence-electron chi connectivity index (χ0n) is 12.5. The molecule has 1 aromatic carbocycles. The molecule has 0 radical (unpaired) electrons. The quantitative estimate of drug-likeness (QED) is 0.841. The molecule has 1 aliphatic carbocycles. The molecule has 2 aliphatic rings. The number of benzene rings is 1. The van der Waals surface area contributed by atoms with Crippen LogP contribution in [0, 0.1) is 11.2 Å². The second-order valence-corrected chi connectivity index (χ2v) is 6.66. The maximum absolute atomic E-state index is 13.4. The second kappa shape index (κ2) is 4.69. The third kappa shape index (κ3) is 2.42. The number of fused-ring (bicyclic) bond motifs is 1. The van der Waals surface area contributed by atoms with Crippen molar-refractivity contribution in [2.75, 3.05) is 0 Å². The van der Waals surface area contributed by atoms with Gasteiger partial charge in [-0.05, 0) is 32.8 Å². The Kier molecular flexibility index (Phi) is 3.16. The average molecular weight is 307 g/mol. The van der Waals surface area contributed by atoms with Crippen molar-refractivity contribution >= 4 is 11.9 Å². The minimum Gasteiger partial charge on any atom is -0.487 e. The second-order valence-electron chi connectivity index (χ2n) is 6.66. The normalized spacial score (nSPS) is 23.9. The molecule has 6 heteroatoms. The molecule has 1 aliphatic heterocycles. The molecule has 0 saturated heterocycles. The summed E-state index contributed by atoms with van der Waals surface area (Å²) in [5.41, 5.74) is -1.18. The van der Waals surface area contributed by atoms with Gasteiger partial charge in [-0.2, -0.15) is 0 Å². The van der Waals surface area contributed by atoms with Gasteiger partial charge < -0.3 is 15.2 Å². The van der Waals surface area contributed by atoms with Crippen LogP contribution < -0.4 is 10.1 Å². The summed E-state index contributed by atoms with van der Waals surface area (Å²) in [6.07, 6.45) is 1.21. The number of aliphatic carboxylic acids is 1. The van der Waals surface area contributed by atoms with Crippen molar-refractivity contribution in [1.29, 1.82) is 0 Å². The van der Waals surface area contributed by atoms with Crippen molar-refractivity contribution < 1.29 is 23.8 Å². The molecule has 3 rings (SSSR count). The predicted octanol–water partition coefficient (Wildman–Crippen LogP) is 2.41. The highest BCUT2D eigenvalue weighted by Crippen LogP contribution is 2.47. The third-order valence-electron chi connectivity index (χ3n) is 4.33. The molecule has 2 N–H and O–H groups in total. The first-order valence-corrected chi connectivity index (χ1v) is 7.26. The molecule has 0 unspecified atom stereocenters. The van der Waals surface area contributed by atoms with Gasteiger partial charge in [-0.15, -0.1) is 0 Å². The van der Waals surface area contributed by atoms with Gasteiger partial charge in [0.2, 0.25) is 5.91 Å². The van der Waals surface area contributed by atoms with E-state index in [1.807, 2.05) is 13.8 Å². The van der Waals surface area contributed by atoms with Gasteiger partial charge in [0.15, 0.2) is 0 Å². The molecule has 22 heavy (non-hydrogen) atoms. The third-order valence-corrected chi connectivity index (χ3v) is 4.33. The number of carbonyl (C=O) groups is 2. The molecule has 5 nitrogen and oxygen atoms in total. The van der Waals surface area contributed by atoms with Crippen LogP contribution in [-0.4, -0.2) is 22.6 Å². The molecular weight excluding hydrogens is 289 g/mol. The molecule has 0 bridgehead atoms. The number of ether oxygens (including phenoxy) is 1. The molecule has 1 heterocycles. The van der Waals surface area contributed by atoms with E-state index in [1.54, 1.807) is 6.07 Å². The van der Waals surface area contributed by atoms with Gasteiger partial charge in [-0.25, -0.2) is 4.39 Å². The van der Waals surface area contributed by atoms with E-state index in [1.165, 1.54) is 12.1 Å². The topological polar surface area (TPSA) is 75.6 Å². The lowest BCUT2D eigenvalue weighted by atomic mass is 9.89. The Balaban J connectivity index is 1.88. The van der Waals surface area contributed by atoms with E-state index in [-0.39, 0.29) is 6.04 Å². The molecule has 1 saturated carbocycles. The van der Waals surface area contributed by atoms with Crippen LogP contribution in [0.25, 0.3) is 0 Å². The van der Waals surface area contributed by atoms with Gasteiger partial charge in [0.05, 0.1) is 6.04 Å². The Morgan fingerprint density at radius 2 is 2.05 bits per heavy atom. The Morgan fingerprint density at radius 1 is 1.36 bits per heavy atom. The molecule has 1 atom stereocenters. The Morgan fingerprint density at radius 3 is 2.64 bits per heavy atom. The van der Waals surface area contributed by atoms with Crippen LogP contribution in [0.3, 0.4) is 0 Å². The van der Waals surface area contributed by atoms with Crippen LogP contribution in [-0.2, 0) is 9.59 Å². The number of carbonyl (C=O) groups excluding carboxylic acids is 1. The van der Waals surface area contributed by atoms with E-state index in [4.69, 9.17) is 4.74 Å². The summed E-state index contributed by atoms with van der Waals surface area (Å²) in [7, 11) is 0. The molecule has 118 valence electrons. The molecule has 1 amide bonds. The van der Waals surface area contributed by atoms with Gasteiger partial charge in [-0.3, -0.25) is 9.59 Å².